The van der Waals surface area contributed by atoms with Gasteiger partial charge >= 0.3 is 6.03 Å². The lowest BCUT2D eigenvalue weighted by Gasteiger charge is -2.28. The lowest BCUT2D eigenvalue weighted by atomic mass is 9.89. The van der Waals surface area contributed by atoms with Crippen LogP contribution >= 0.6 is 11.6 Å². The van der Waals surface area contributed by atoms with Crippen LogP contribution in [-0.2, 0) is 0 Å². The smallest absolute Gasteiger partial charge is 0.323 e. The summed E-state index contributed by atoms with van der Waals surface area (Å²) < 4.78 is 0. The van der Waals surface area contributed by atoms with Crippen LogP contribution in [0.25, 0.3) is 0 Å². The van der Waals surface area contributed by atoms with Crippen molar-refractivity contribution in [1.82, 2.24) is 4.90 Å². The molecule has 0 aromatic heterocycles. The molecule has 6 heteroatoms. The molecule has 3 rings (SSSR count). The van der Waals surface area contributed by atoms with Gasteiger partial charge in [0.1, 0.15) is 0 Å². The maximum Gasteiger partial charge on any atom is 0.323 e. The molecule has 0 radical (unpaired) electrons. The zero-order chi connectivity index (χ0) is 18.7. The molecule has 2 N–H and O–H groups in total. The molecule has 0 aliphatic carbocycles. The quantitative estimate of drug-likeness (QED) is 0.823. The monoisotopic (exact) mass is 371 g/mol. The predicted molar refractivity (Wildman–Crippen MR) is 104 cm³/mol. The van der Waals surface area contributed by atoms with E-state index in [4.69, 9.17) is 17.3 Å². The fourth-order valence-electron chi connectivity index (χ4n) is 3.32. The maximum absolute atomic E-state index is 12.9. The van der Waals surface area contributed by atoms with E-state index in [1.165, 1.54) is 4.90 Å². The van der Waals surface area contributed by atoms with Crippen LogP contribution in [-0.4, -0.2) is 36.9 Å². The molecule has 26 heavy (non-hydrogen) atoms. The highest BCUT2D eigenvalue weighted by Crippen LogP contribution is 2.29. The first-order chi connectivity index (χ1) is 12.5. The van der Waals surface area contributed by atoms with Crippen molar-refractivity contribution in [3.63, 3.8) is 0 Å². The normalized spacial score (nSPS) is 15.6. The molecule has 1 saturated heterocycles. The molecule has 2 aromatic carbocycles. The number of Topliss-reactive ketones (excluding diaryl/α,β-unsaturated/α-hetero) is 1. The summed E-state index contributed by atoms with van der Waals surface area (Å²) in [7, 11) is 2.07. The lowest BCUT2D eigenvalue weighted by molar-refractivity contribution is 0.0857. The Labute approximate surface area is 158 Å². The highest BCUT2D eigenvalue weighted by atomic mass is 35.5. The molecule has 1 aliphatic rings. The van der Waals surface area contributed by atoms with Crippen LogP contribution < -0.4 is 10.6 Å². The lowest BCUT2D eigenvalue weighted by Crippen LogP contribution is -2.34. The standard InChI is InChI=1S/C20H22ClN3O2/c1-23-10-8-14(9-11-23)19(25)15-4-2-6-17(12-15)24(20(22)26)18-7-3-5-16(21)13-18/h2-7,12-14H,8-11H2,1H3,(H2,22,26). The summed E-state index contributed by atoms with van der Waals surface area (Å²) in [4.78, 5) is 28.5. The second-order valence-corrected chi connectivity index (χ2v) is 7.08. The third-order valence-electron chi connectivity index (χ3n) is 4.77. The van der Waals surface area contributed by atoms with Gasteiger partial charge in [0, 0.05) is 16.5 Å². The third kappa shape index (κ3) is 4.06. The second-order valence-electron chi connectivity index (χ2n) is 6.65. The Hall–Kier alpha value is -2.37. The van der Waals surface area contributed by atoms with Crippen LogP contribution in [0.3, 0.4) is 0 Å². The van der Waals surface area contributed by atoms with E-state index in [-0.39, 0.29) is 11.7 Å². The largest absolute Gasteiger partial charge is 0.351 e. The number of nitrogens with zero attached hydrogens (tertiary/aromatic N) is 2. The van der Waals surface area contributed by atoms with Crippen LogP contribution in [0.4, 0.5) is 16.2 Å². The van der Waals surface area contributed by atoms with Crippen molar-refractivity contribution in [1.29, 1.82) is 0 Å². The van der Waals surface area contributed by atoms with Crippen LogP contribution in [0.1, 0.15) is 23.2 Å². The predicted octanol–water partition coefficient (Wildman–Crippen LogP) is 4.08. The van der Waals surface area contributed by atoms with Gasteiger partial charge in [0.2, 0.25) is 0 Å². The van der Waals surface area contributed by atoms with E-state index in [9.17, 15) is 9.59 Å². The summed E-state index contributed by atoms with van der Waals surface area (Å²) in [6.45, 7) is 1.85. The number of carbonyl (C=O) groups is 2. The number of likely N-dealkylation sites (tertiary alicyclic amines) is 1. The molecule has 2 aromatic rings. The molecular formula is C20H22ClN3O2. The van der Waals surface area contributed by atoms with Crippen LogP contribution in [0.2, 0.25) is 5.02 Å². The first-order valence-electron chi connectivity index (χ1n) is 8.63. The number of benzene rings is 2. The fraction of sp³-hybridized carbons (Fsp3) is 0.300. The van der Waals surface area contributed by atoms with Crippen LogP contribution in [0.5, 0.6) is 0 Å². The Morgan fingerprint density at radius 1 is 1.08 bits per heavy atom. The van der Waals surface area contributed by atoms with Crippen LogP contribution in [0, 0.1) is 5.92 Å². The summed E-state index contributed by atoms with van der Waals surface area (Å²) in [5.41, 5.74) is 7.31. The van der Waals surface area contributed by atoms with E-state index >= 15 is 0 Å². The number of hydrogen-bond donors (Lipinski definition) is 1. The number of primary amides is 1. The highest BCUT2D eigenvalue weighted by Gasteiger charge is 2.25. The van der Waals surface area contributed by atoms with Gasteiger partial charge in [-0.1, -0.05) is 29.8 Å². The van der Waals surface area contributed by atoms with Crippen molar-refractivity contribution < 1.29 is 9.59 Å². The summed E-state index contributed by atoms with van der Waals surface area (Å²) in [5, 5.41) is 0.507. The van der Waals surface area contributed by atoms with Gasteiger partial charge in [0.05, 0.1) is 11.4 Å². The number of carbonyl (C=O) groups excluding carboxylic acids is 2. The van der Waals surface area contributed by atoms with E-state index in [0.717, 1.165) is 25.9 Å². The second kappa shape index (κ2) is 7.89. The van der Waals surface area contributed by atoms with Gasteiger partial charge in [-0.15, -0.1) is 0 Å². The molecule has 0 spiro atoms. The van der Waals surface area contributed by atoms with Gasteiger partial charge in [-0.05, 0) is 63.3 Å². The topological polar surface area (TPSA) is 66.6 Å². The zero-order valence-corrected chi connectivity index (χ0v) is 15.4. The minimum atomic E-state index is -0.629. The molecule has 0 atom stereocenters. The van der Waals surface area contributed by atoms with Gasteiger partial charge in [-0.3, -0.25) is 9.69 Å². The Morgan fingerprint density at radius 3 is 2.31 bits per heavy atom. The molecule has 0 unspecified atom stereocenters. The first-order valence-corrected chi connectivity index (χ1v) is 9.01. The average molecular weight is 372 g/mol. The summed E-state index contributed by atoms with van der Waals surface area (Å²) in [5.74, 6) is 0.144. The number of halogens is 1. The Kier molecular flexibility index (Phi) is 5.59. The molecule has 2 amide bonds. The molecule has 136 valence electrons. The fourth-order valence-corrected chi connectivity index (χ4v) is 3.51. The number of urea groups is 1. The zero-order valence-electron chi connectivity index (χ0n) is 14.7. The van der Waals surface area contributed by atoms with E-state index in [1.807, 2.05) is 0 Å². The van der Waals surface area contributed by atoms with E-state index in [1.54, 1.807) is 48.5 Å². The number of nitrogens with two attached hydrogens (primary N) is 1. The summed E-state index contributed by atoms with van der Waals surface area (Å²) >= 11 is 6.04. The van der Waals surface area contributed by atoms with Gasteiger partial charge in [-0.2, -0.15) is 0 Å². The third-order valence-corrected chi connectivity index (χ3v) is 5.00. The van der Waals surface area contributed by atoms with E-state index < -0.39 is 6.03 Å². The van der Waals surface area contributed by atoms with Gasteiger partial charge in [0.25, 0.3) is 0 Å². The number of hydrogen-bond acceptors (Lipinski definition) is 3. The number of amides is 2. The van der Waals surface area contributed by atoms with Gasteiger partial charge in [0.15, 0.2) is 5.78 Å². The number of ketones is 1. The minimum absolute atomic E-state index is 0.0228. The minimum Gasteiger partial charge on any atom is -0.351 e. The molecular weight excluding hydrogens is 350 g/mol. The molecule has 0 saturated carbocycles. The Balaban J connectivity index is 1.89. The number of rotatable bonds is 4. The van der Waals surface area contributed by atoms with Gasteiger partial charge in [-0.25, -0.2) is 4.79 Å². The molecule has 1 fully saturated rings. The molecule has 1 aliphatic heterocycles. The van der Waals surface area contributed by atoms with Crippen molar-refractivity contribution in [2.75, 3.05) is 25.0 Å². The van der Waals surface area contributed by atoms with E-state index in [2.05, 4.69) is 11.9 Å². The number of piperidine rings is 1. The van der Waals surface area contributed by atoms with Crippen molar-refractivity contribution in [2.45, 2.75) is 12.8 Å². The van der Waals surface area contributed by atoms with E-state index in [0.29, 0.717) is 22.0 Å². The van der Waals surface area contributed by atoms with Crippen molar-refractivity contribution in [3.05, 3.63) is 59.1 Å². The number of anilines is 2. The van der Waals surface area contributed by atoms with Crippen molar-refractivity contribution in [2.24, 2.45) is 11.7 Å². The SMILES string of the molecule is CN1CCC(C(=O)c2cccc(N(C(N)=O)c3cccc(Cl)c3)c2)CC1. The molecule has 5 nitrogen and oxygen atoms in total. The Bertz CT molecular complexity index is 816. The average Bonchev–Trinajstić information content (AvgIpc) is 2.62. The Morgan fingerprint density at radius 2 is 1.69 bits per heavy atom. The van der Waals surface area contributed by atoms with Crippen LogP contribution in [0.15, 0.2) is 48.5 Å². The highest BCUT2D eigenvalue weighted by molar-refractivity contribution is 6.31. The maximum atomic E-state index is 12.9. The first kappa shape index (κ1) is 18.4. The molecule has 1 heterocycles. The van der Waals surface area contributed by atoms with Crippen molar-refractivity contribution >= 4 is 34.8 Å². The van der Waals surface area contributed by atoms with Crippen molar-refractivity contribution in [3.8, 4) is 0 Å². The summed E-state index contributed by atoms with van der Waals surface area (Å²) in [6, 6.07) is 13.3. The molecule has 0 bridgehead atoms. The summed E-state index contributed by atoms with van der Waals surface area (Å²) in [6.07, 6.45) is 1.71. The van der Waals surface area contributed by atoms with Gasteiger partial charge < -0.3 is 10.6 Å².